The number of nitrogens with zero attached hydrogens (tertiary/aromatic N) is 3. The molecule has 1 aliphatic heterocycles. The second-order valence-corrected chi connectivity index (χ2v) is 7.04. The number of amides is 2. The van der Waals surface area contributed by atoms with E-state index in [4.69, 9.17) is 4.42 Å². The molecule has 2 atom stereocenters. The lowest BCUT2D eigenvalue weighted by Crippen LogP contribution is -2.46. The van der Waals surface area contributed by atoms with Crippen LogP contribution in [0.1, 0.15) is 41.9 Å². The first-order valence-corrected chi connectivity index (χ1v) is 9.22. The molecular weight excluding hydrogens is 362 g/mol. The zero-order valence-corrected chi connectivity index (χ0v) is 15.9. The lowest BCUT2D eigenvalue weighted by atomic mass is 9.95. The number of nitro groups is 1. The van der Waals surface area contributed by atoms with Crippen LogP contribution in [-0.2, 0) is 4.79 Å². The number of benzene rings is 1. The van der Waals surface area contributed by atoms with Gasteiger partial charge in [-0.3, -0.25) is 19.7 Å². The summed E-state index contributed by atoms with van der Waals surface area (Å²) in [4.78, 5) is 39.3. The van der Waals surface area contributed by atoms with Crippen LogP contribution in [0.25, 0.3) is 0 Å². The Morgan fingerprint density at radius 3 is 2.79 bits per heavy atom. The average molecular weight is 385 g/mol. The van der Waals surface area contributed by atoms with Gasteiger partial charge in [0.1, 0.15) is 0 Å². The Bertz CT molecular complexity index is 864. The van der Waals surface area contributed by atoms with Crippen molar-refractivity contribution in [3.05, 3.63) is 64.1 Å². The van der Waals surface area contributed by atoms with E-state index in [-0.39, 0.29) is 35.2 Å². The molecule has 0 saturated carbocycles. The molecule has 0 bridgehead atoms. The Morgan fingerprint density at radius 1 is 1.32 bits per heavy atom. The van der Waals surface area contributed by atoms with E-state index < -0.39 is 4.92 Å². The minimum atomic E-state index is -0.447. The number of nitro benzene ring substituents is 1. The molecule has 0 spiro atoms. The van der Waals surface area contributed by atoms with E-state index >= 15 is 0 Å². The fraction of sp³-hybridized carbons (Fsp3) is 0.400. The summed E-state index contributed by atoms with van der Waals surface area (Å²) < 4.78 is 5.18. The second-order valence-electron chi connectivity index (χ2n) is 7.04. The predicted octanol–water partition coefficient (Wildman–Crippen LogP) is 3.26. The third-order valence-corrected chi connectivity index (χ3v) is 5.28. The maximum atomic E-state index is 13.0. The molecule has 0 N–H and O–H groups in total. The van der Waals surface area contributed by atoms with Crippen molar-refractivity contribution in [2.24, 2.45) is 5.92 Å². The van der Waals surface area contributed by atoms with Crippen LogP contribution in [0, 0.1) is 16.0 Å². The molecule has 2 heterocycles. The molecule has 1 fully saturated rings. The molecule has 2 amide bonds. The Hall–Kier alpha value is -3.16. The van der Waals surface area contributed by atoms with E-state index in [1.165, 1.54) is 18.4 Å². The van der Waals surface area contributed by atoms with Gasteiger partial charge in [0, 0.05) is 32.3 Å². The van der Waals surface area contributed by atoms with E-state index in [2.05, 4.69) is 0 Å². The van der Waals surface area contributed by atoms with Gasteiger partial charge in [0.05, 0.1) is 23.1 Å². The molecule has 0 radical (unpaired) electrons. The third-order valence-electron chi connectivity index (χ3n) is 5.28. The van der Waals surface area contributed by atoms with Crippen LogP contribution in [-0.4, -0.2) is 46.7 Å². The van der Waals surface area contributed by atoms with Crippen molar-refractivity contribution in [3.8, 4) is 0 Å². The highest BCUT2D eigenvalue weighted by Gasteiger charge is 2.33. The van der Waals surface area contributed by atoms with Crippen molar-refractivity contribution in [1.29, 1.82) is 0 Å². The summed E-state index contributed by atoms with van der Waals surface area (Å²) in [7, 11) is 1.69. The highest BCUT2D eigenvalue weighted by molar-refractivity contribution is 5.92. The number of non-ortho nitro benzene ring substituents is 1. The first kappa shape index (κ1) is 19.6. The molecule has 2 aromatic rings. The summed E-state index contributed by atoms with van der Waals surface area (Å²) in [5.74, 6) is -0.321. The Labute approximate surface area is 162 Å². The van der Waals surface area contributed by atoms with Crippen LogP contribution in [0.15, 0.2) is 47.1 Å². The maximum absolute atomic E-state index is 13.0. The van der Waals surface area contributed by atoms with E-state index in [0.29, 0.717) is 25.1 Å². The van der Waals surface area contributed by atoms with E-state index in [9.17, 15) is 19.7 Å². The lowest BCUT2D eigenvalue weighted by Gasteiger charge is -2.35. The molecule has 1 aromatic heterocycles. The first-order valence-electron chi connectivity index (χ1n) is 9.22. The van der Waals surface area contributed by atoms with Crippen molar-refractivity contribution >= 4 is 17.5 Å². The van der Waals surface area contributed by atoms with Gasteiger partial charge >= 0.3 is 0 Å². The molecule has 3 rings (SSSR count). The molecule has 148 valence electrons. The molecule has 1 saturated heterocycles. The standard InChI is InChI=1S/C20H23N3O5/c1-14(15-6-3-8-17(12-15)23(26)27)21(2)19(24)16-7-4-10-22(13-16)20(25)18-9-5-11-28-18/h3,5-6,8-9,11-12,14,16H,4,7,10,13H2,1-2H3/t14-,16+/m0/s1. The monoisotopic (exact) mass is 385 g/mol. The number of furan rings is 1. The minimum Gasteiger partial charge on any atom is -0.459 e. The number of rotatable bonds is 5. The number of carbonyl (C=O) groups excluding carboxylic acids is 2. The minimum absolute atomic E-state index is 0.00177. The fourth-order valence-electron chi connectivity index (χ4n) is 3.52. The highest BCUT2D eigenvalue weighted by Crippen LogP contribution is 2.27. The molecule has 1 aromatic carbocycles. The Balaban J connectivity index is 1.69. The number of likely N-dealkylation sites (tertiary alicyclic amines) is 1. The van der Waals surface area contributed by atoms with Crippen LogP contribution in [0.2, 0.25) is 0 Å². The predicted molar refractivity (Wildman–Crippen MR) is 102 cm³/mol. The van der Waals surface area contributed by atoms with Crippen LogP contribution in [0.3, 0.4) is 0 Å². The van der Waals surface area contributed by atoms with Gasteiger partial charge < -0.3 is 14.2 Å². The molecular formula is C20H23N3O5. The van der Waals surface area contributed by atoms with Crippen molar-refractivity contribution in [2.45, 2.75) is 25.8 Å². The van der Waals surface area contributed by atoms with Crippen LogP contribution in [0.5, 0.6) is 0 Å². The second kappa shape index (κ2) is 8.24. The molecule has 0 aliphatic carbocycles. The van der Waals surface area contributed by atoms with Crippen molar-refractivity contribution < 1.29 is 18.9 Å². The molecule has 28 heavy (non-hydrogen) atoms. The summed E-state index contributed by atoms with van der Waals surface area (Å²) in [6.45, 7) is 2.77. The maximum Gasteiger partial charge on any atom is 0.289 e. The number of hydrogen-bond donors (Lipinski definition) is 0. The SMILES string of the molecule is C[C@@H](c1cccc([N+](=O)[O-])c1)N(C)C(=O)[C@@H]1CCCN(C(=O)c2ccco2)C1. The summed E-state index contributed by atoms with van der Waals surface area (Å²) in [6, 6.07) is 9.27. The van der Waals surface area contributed by atoms with Crippen LogP contribution < -0.4 is 0 Å². The largest absolute Gasteiger partial charge is 0.459 e. The zero-order chi connectivity index (χ0) is 20.3. The smallest absolute Gasteiger partial charge is 0.289 e. The Morgan fingerprint density at radius 2 is 2.11 bits per heavy atom. The van der Waals surface area contributed by atoms with E-state index in [0.717, 1.165) is 6.42 Å². The summed E-state index contributed by atoms with van der Waals surface area (Å²) in [6.07, 6.45) is 2.89. The summed E-state index contributed by atoms with van der Waals surface area (Å²) >= 11 is 0. The van der Waals surface area contributed by atoms with Crippen molar-refractivity contribution in [3.63, 3.8) is 0 Å². The quantitative estimate of drug-likeness (QED) is 0.581. The van der Waals surface area contributed by atoms with Gasteiger partial charge in [-0.15, -0.1) is 0 Å². The summed E-state index contributed by atoms with van der Waals surface area (Å²) in [5.41, 5.74) is 0.697. The fourth-order valence-corrected chi connectivity index (χ4v) is 3.52. The molecule has 0 unspecified atom stereocenters. The zero-order valence-electron chi connectivity index (χ0n) is 15.9. The first-order chi connectivity index (χ1) is 13.4. The van der Waals surface area contributed by atoms with Crippen molar-refractivity contribution in [1.82, 2.24) is 9.80 Å². The lowest BCUT2D eigenvalue weighted by molar-refractivity contribution is -0.384. The van der Waals surface area contributed by atoms with E-state index in [1.54, 1.807) is 41.1 Å². The highest BCUT2D eigenvalue weighted by atomic mass is 16.6. The van der Waals surface area contributed by atoms with Gasteiger partial charge in [0.25, 0.3) is 11.6 Å². The number of piperidine rings is 1. The Kier molecular flexibility index (Phi) is 5.77. The van der Waals surface area contributed by atoms with Gasteiger partial charge in [-0.05, 0) is 37.5 Å². The molecule has 1 aliphatic rings. The van der Waals surface area contributed by atoms with Gasteiger partial charge in [-0.1, -0.05) is 12.1 Å². The summed E-state index contributed by atoms with van der Waals surface area (Å²) in [5, 5.41) is 11.0. The van der Waals surface area contributed by atoms with Crippen LogP contribution in [0.4, 0.5) is 5.69 Å². The van der Waals surface area contributed by atoms with Gasteiger partial charge in [-0.2, -0.15) is 0 Å². The van der Waals surface area contributed by atoms with Gasteiger partial charge in [0.15, 0.2) is 5.76 Å². The number of hydrogen-bond acceptors (Lipinski definition) is 5. The van der Waals surface area contributed by atoms with Gasteiger partial charge in [-0.25, -0.2) is 0 Å². The van der Waals surface area contributed by atoms with Gasteiger partial charge in [0.2, 0.25) is 5.91 Å². The van der Waals surface area contributed by atoms with E-state index in [1.807, 2.05) is 6.92 Å². The average Bonchev–Trinajstić information content (AvgIpc) is 3.26. The normalized spacial score (nSPS) is 17.8. The van der Waals surface area contributed by atoms with Crippen molar-refractivity contribution in [2.75, 3.05) is 20.1 Å². The topological polar surface area (TPSA) is 96.9 Å². The number of carbonyl (C=O) groups is 2. The molecule has 8 nitrogen and oxygen atoms in total. The molecule has 8 heteroatoms. The van der Waals surface area contributed by atoms with Crippen LogP contribution >= 0.6 is 0 Å². The third kappa shape index (κ3) is 4.05.